The maximum atomic E-state index is 10.8. The molecule has 0 aromatic heterocycles. The smallest absolute Gasteiger partial charge is 0.159 e. The molecule has 1 aliphatic heterocycles. The molecule has 4 heteroatoms. The Labute approximate surface area is 57.8 Å². The van der Waals surface area contributed by atoms with Gasteiger partial charge in [-0.15, -0.1) is 0 Å². The van der Waals surface area contributed by atoms with Gasteiger partial charge in [-0.1, -0.05) is 0 Å². The second kappa shape index (κ2) is 2.88. The lowest BCUT2D eigenvalue weighted by Gasteiger charge is -2.10. The molecule has 2 unspecified atom stereocenters. The van der Waals surface area contributed by atoms with E-state index in [9.17, 15) is 4.55 Å². The summed E-state index contributed by atoms with van der Waals surface area (Å²) >= 11 is -0.717. The van der Waals surface area contributed by atoms with Crippen molar-refractivity contribution in [3.05, 3.63) is 0 Å². The second-order valence-electron chi connectivity index (χ2n) is 2.33. The van der Waals surface area contributed by atoms with Crippen LogP contribution in [0.15, 0.2) is 0 Å². The Balaban J connectivity index is 2.38. The van der Waals surface area contributed by atoms with Gasteiger partial charge in [0.25, 0.3) is 0 Å². The zero-order chi connectivity index (χ0) is 6.85. The molecule has 1 saturated heterocycles. The quantitative estimate of drug-likeness (QED) is 0.486. The van der Waals surface area contributed by atoms with E-state index in [2.05, 4.69) is 0 Å². The molecular weight excluding hydrogens is 138 g/mol. The molecule has 1 rings (SSSR count). The first-order valence-electron chi connectivity index (χ1n) is 2.90. The highest BCUT2D eigenvalue weighted by molar-refractivity contribution is 7.91. The van der Waals surface area contributed by atoms with Gasteiger partial charge in [0.2, 0.25) is 0 Å². The standard InChI is InChI=1S/C5H11NO2S/c1-6-4-9(8)3-5(6)2-7/h5,7H,2-4H2,1H3. The van der Waals surface area contributed by atoms with Crippen molar-refractivity contribution in [1.29, 1.82) is 0 Å². The Hall–Kier alpha value is 0.230. The van der Waals surface area contributed by atoms with E-state index in [-0.39, 0.29) is 12.6 Å². The molecule has 0 amide bonds. The summed E-state index contributed by atoms with van der Waals surface area (Å²) in [5.41, 5.74) is 0. The van der Waals surface area contributed by atoms with Gasteiger partial charge in [0.1, 0.15) is 5.75 Å². The molecule has 0 aliphatic carbocycles. The number of aliphatic hydroxyl groups excluding tert-OH is 1. The highest BCUT2D eigenvalue weighted by atomic mass is 32.2. The van der Waals surface area contributed by atoms with Crippen LogP contribution >= 0.6 is 0 Å². The highest BCUT2D eigenvalue weighted by Crippen LogP contribution is 2.11. The third-order valence-corrected chi connectivity index (χ3v) is 3.01. The van der Waals surface area contributed by atoms with Crippen molar-refractivity contribution in [2.75, 3.05) is 25.3 Å². The lowest BCUT2D eigenvalue weighted by Crippen LogP contribution is -2.29. The number of hydrogen-bond acceptors (Lipinski definition) is 3. The Morgan fingerprint density at radius 1 is 1.89 bits per heavy atom. The van der Waals surface area contributed by atoms with Crippen molar-refractivity contribution in [2.24, 2.45) is 0 Å². The first-order chi connectivity index (χ1) is 4.24. The number of hydrogen-bond donors (Lipinski definition) is 1. The predicted molar refractivity (Wildman–Crippen MR) is 36.5 cm³/mol. The molecule has 9 heavy (non-hydrogen) atoms. The minimum Gasteiger partial charge on any atom is -0.615 e. The summed E-state index contributed by atoms with van der Waals surface area (Å²) in [6, 6.07) is 0.130. The Bertz CT molecular complexity index is 101. The summed E-state index contributed by atoms with van der Waals surface area (Å²) in [5, 5.41) is 8.68. The van der Waals surface area contributed by atoms with Gasteiger partial charge in [-0.25, -0.2) is 0 Å². The molecule has 1 N–H and O–H groups in total. The van der Waals surface area contributed by atoms with Crippen molar-refractivity contribution in [3.63, 3.8) is 0 Å². The zero-order valence-electron chi connectivity index (χ0n) is 5.41. The average molecular weight is 149 g/mol. The average Bonchev–Trinajstić information content (AvgIpc) is 2.10. The fraction of sp³-hybridized carbons (Fsp3) is 1.00. The lowest BCUT2D eigenvalue weighted by molar-refractivity contribution is 0.188. The predicted octanol–water partition coefficient (Wildman–Crippen LogP) is -1.00. The van der Waals surface area contributed by atoms with Crippen molar-refractivity contribution < 1.29 is 9.66 Å². The van der Waals surface area contributed by atoms with Gasteiger partial charge in [0.05, 0.1) is 12.6 Å². The van der Waals surface area contributed by atoms with Crippen molar-refractivity contribution in [2.45, 2.75) is 6.04 Å². The van der Waals surface area contributed by atoms with Crippen LogP contribution in [0.5, 0.6) is 0 Å². The first kappa shape index (κ1) is 7.34. The van der Waals surface area contributed by atoms with Gasteiger partial charge in [0, 0.05) is 0 Å². The van der Waals surface area contributed by atoms with E-state index in [0.29, 0.717) is 11.6 Å². The van der Waals surface area contributed by atoms with Crippen LogP contribution < -0.4 is 0 Å². The van der Waals surface area contributed by atoms with E-state index in [1.807, 2.05) is 11.9 Å². The summed E-state index contributed by atoms with van der Waals surface area (Å²) < 4.78 is 10.8. The van der Waals surface area contributed by atoms with Crippen LogP contribution in [-0.2, 0) is 11.2 Å². The number of nitrogens with zero attached hydrogens (tertiary/aromatic N) is 1. The monoisotopic (exact) mass is 149 g/mol. The van der Waals surface area contributed by atoms with E-state index >= 15 is 0 Å². The minimum absolute atomic E-state index is 0.127. The normalized spacial score (nSPS) is 37.7. The molecule has 3 nitrogen and oxygen atoms in total. The van der Waals surface area contributed by atoms with E-state index in [0.717, 1.165) is 0 Å². The SMILES string of the molecule is CN1C[S+]([O-])CC1CO. The van der Waals surface area contributed by atoms with Crippen molar-refractivity contribution >= 4 is 11.2 Å². The molecule has 0 saturated carbocycles. The van der Waals surface area contributed by atoms with Gasteiger partial charge in [-0.05, 0) is 18.2 Å². The van der Waals surface area contributed by atoms with E-state index in [1.54, 1.807) is 0 Å². The summed E-state index contributed by atoms with van der Waals surface area (Å²) in [6.07, 6.45) is 0. The largest absolute Gasteiger partial charge is 0.615 e. The van der Waals surface area contributed by atoms with Crippen molar-refractivity contribution in [3.8, 4) is 0 Å². The molecule has 0 radical (unpaired) electrons. The van der Waals surface area contributed by atoms with Crippen molar-refractivity contribution in [1.82, 2.24) is 4.90 Å². The minimum atomic E-state index is -0.717. The molecule has 0 spiro atoms. The second-order valence-corrected chi connectivity index (χ2v) is 3.80. The zero-order valence-corrected chi connectivity index (χ0v) is 6.23. The maximum Gasteiger partial charge on any atom is 0.159 e. The van der Waals surface area contributed by atoms with Crippen LogP contribution in [0.25, 0.3) is 0 Å². The maximum absolute atomic E-state index is 10.8. The summed E-state index contributed by atoms with van der Waals surface area (Å²) in [7, 11) is 1.88. The number of likely N-dealkylation sites (N-methyl/N-ethyl adjacent to an activating group) is 1. The number of rotatable bonds is 1. The van der Waals surface area contributed by atoms with Gasteiger partial charge < -0.3 is 9.66 Å². The van der Waals surface area contributed by atoms with E-state index < -0.39 is 11.2 Å². The Morgan fingerprint density at radius 3 is 2.78 bits per heavy atom. The third-order valence-electron chi connectivity index (χ3n) is 1.56. The summed E-state index contributed by atoms with van der Waals surface area (Å²) in [6.45, 7) is 0.127. The van der Waals surface area contributed by atoms with Gasteiger partial charge in [-0.3, -0.25) is 4.90 Å². The van der Waals surface area contributed by atoms with Gasteiger partial charge >= 0.3 is 0 Å². The van der Waals surface area contributed by atoms with Crippen LogP contribution in [0.2, 0.25) is 0 Å². The van der Waals surface area contributed by atoms with Crippen LogP contribution in [0.3, 0.4) is 0 Å². The number of aliphatic hydroxyl groups is 1. The van der Waals surface area contributed by atoms with E-state index in [1.165, 1.54) is 0 Å². The molecule has 1 aliphatic rings. The highest BCUT2D eigenvalue weighted by Gasteiger charge is 2.30. The first-order valence-corrected chi connectivity index (χ1v) is 4.39. The Morgan fingerprint density at radius 2 is 2.56 bits per heavy atom. The molecule has 1 fully saturated rings. The van der Waals surface area contributed by atoms with Crippen LogP contribution in [-0.4, -0.2) is 45.9 Å². The van der Waals surface area contributed by atoms with Gasteiger partial charge in [-0.2, -0.15) is 0 Å². The van der Waals surface area contributed by atoms with E-state index in [4.69, 9.17) is 5.11 Å². The molecule has 2 atom stereocenters. The lowest BCUT2D eigenvalue weighted by atomic mass is 10.3. The fourth-order valence-electron chi connectivity index (χ4n) is 0.919. The van der Waals surface area contributed by atoms with Gasteiger partial charge in [0.15, 0.2) is 5.88 Å². The molecular formula is C5H11NO2S. The molecule has 54 valence electrons. The molecule has 0 aromatic rings. The Kier molecular flexibility index (Phi) is 2.35. The molecule has 1 heterocycles. The molecule has 0 bridgehead atoms. The third kappa shape index (κ3) is 1.58. The molecule has 0 aromatic carbocycles. The van der Waals surface area contributed by atoms with Crippen LogP contribution in [0, 0.1) is 0 Å². The summed E-state index contributed by atoms with van der Waals surface area (Å²) in [4.78, 5) is 1.93. The van der Waals surface area contributed by atoms with Crippen LogP contribution in [0.1, 0.15) is 0 Å². The summed E-state index contributed by atoms with van der Waals surface area (Å²) in [5.74, 6) is 1.25. The topological polar surface area (TPSA) is 46.5 Å². The van der Waals surface area contributed by atoms with Crippen LogP contribution in [0.4, 0.5) is 0 Å². The fourth-order valence-corrected chi connectivity index (χ4v) is 2.48.